The zero-order valence-corrected chi connectivity index (χ0v) is 26.3. The van der Waals surface area contributed by atoms with Crippen LogP contribution in [0.1, 0.15) is 0 Å². The van der Waals surface area contributed by atoms with Crippen molar-refractivity contribution in [3.8, 4) is 45.3 Å². The molecule has 4 nitrogen and oxygen atoms in total. The zero-order valence-electron chi connectivity index (χ0n) is 26.3. The molecule has 0 fully saturated rings. The van der Waals surface area contributed by atoms with Gasteiger partial charge in [0.2, 0.25) is 0 Å². The third-order valence-corrected chi connectivity index (χ3v) is 9.48. The summed E-state index contributed by atoms with van der Waals surface area (Å²) in [5, 5.41) is 9.16. The number of furan rings is 1. The van der Waals surface area contributed by atoms with Crippen LogP contribution >= 0.6 is 0 Å². The maximum atomic E-state index is 6.13. The quantitative estimate of drug-likeness (QED) is 0.183. The van der Waals surface area contributed by atoms with Gasteiger partial charge in [-0.3, -0.25) is 0 Å². The van der Waals surface area contributed by atoms with Gasteiger partial charge in [0.05, 0.1) is 0 Å². The fourth-order valence-electron chi connectivity index (χ4n) is 7.06. The second kappa shape index (κ2) is 11.0. The minimum atomic E-state index is 0.614. The van der Waals surface area contributed by atoms with Gasteiger partial charge in [-0.2, -0.15) is 0 Å². The van der Waals surface area contributed by atoms with Gasteiger partial charge >= 0.3 is 0 Å². The van der Waals surface area contributed by atoms with Gasteiger partial charge in [0.25, 0.3) is 0 Å². The normalized spacial score (nSPS) is 11.7. The lowest BCUT2D eigenvalue weighted by molar-refractivity contribution is 0.669. The van der Waals surface area contributed by atoms with Crippen molar-refractivity contribution in [2.75, 3.05) is 0 Å². The van der Waals surface area contributed by atoms with E-state index in [9.17, 15) is 0 Å². The predicted molar refractivity (Wildman–Crippen MR) is 201 cm³/mol. The Bertz CT molecular complexity index is 2890. The molecule has 0 N–H and O–H groups in total. The van der Waals surface area contributed by atoms with Crippen LogP contribution in [-0.4, -0.2) is 15.0 Å². The third kappa shape index (κ3) is 4.65. The van der Waals surface area contributed by atoms with E-state index in [-0.39, 0.29) is 0 Å². The first-order valence-electron chi connectivity index (χ1n) is 16.4. The van der Waals surface area contributed by atoms with Gasteiger partial charge in [-0.15, -0.1) is 0 Å². The Kier molecular flexibility index (Phi) is 6.15. The number of nitrogens with zero attached hydrogens (tertiary/aromatic N) is 3. The first-order valence-corrected chi connectivity index (χ1v) is 16.4. The highest BCUT2D eigenvalue weighted by molar-refractivity contribution is 6.14. The van der Waals surface area contributed by atoms with Crippen molar-refractivity contribution in [3.05, 3.63) is 164 Å². The molecule has 0 unspecified atom stereocenters. The summed E-state index contributed by atoms with van der Waals surface area (Å²) in [7, 11) is 0. The Labute approximate surface area is 282 Å². The van der Waals surface area contributed by atoms with Crippen molar-refractivity contribution in [3.63, 3.8) is 0 Å². The van der Waals surface area contributed by atoms with Crippen LogP contribution in [0, 0.1) is 0 Å². The molecule has 2 heterocycles. The van der Waals surface area contributed by atoms with Crippen LogP contribution in [0.25, 0.3) is 99.5 Å². The molecule has 0 saturated heterocycles. The molecule has 4 heteroatoms. The summed E-state index contributed by atoms with van der Waals surface area (Å²) in [5.41, 5.74) is 6.87. The Balaban J connectivity index is 1.21. The number of hydrogen-bond acceptors (Lipinski definition) is 4. The molecular weight excluding hydrogens is 599 g/mol. The summed E-state index contributed by atoms with van der Waals surface area (Å²) in [6.07, 6.45) is 0. The summed E-state index contributed by atoms with van der Waals surface area (Å²) in [5.74, 6) is 1.87. The lowest BCUT2D eigenvalue weighted by atomic mass is 9.92. The highest BCUT2D eigenvalue weighted by atomic mass is 16.3. The molecule has 0 aliphatic carbocycles. The summed E-state index contributed by atoms with van der Waals surface area (Å²) < 4.78 is 6.13. The van der Waals surface area contributed by atoms with Crippen molar-refractivity contribution in [2.24, 2.45) is 0 Å². The van der Waals surface area contributed by atoms with E-state index in [1.54, 1.807) is 0 Å². The molecule has 0 radical (unpaired) electrons. The van der Waals surface area contributed by atoms with Crippen LogP contribution in [0.5, 0.6) is 0 Å². The highest BCUT2D eigenvalue weighted by Gasteiger charge is 2.17. The lowest BCUT2D eigenvalue weighted by Gasteiger charge is -2.13. The average Bonchev–Trinajstić information content (AvgIpc) is 3.55. The van der Waals surface area contributed by atoms with E-state index in [4.69, 9.17) is 19.4 Å². The van der Waals surface area contributed by atoms with Gasteiger partial charge in [0.1, 0.15) is 11.2 Å². The van der Waals surface area contributed by atoms with E-state index in [0.29, 0.717) is 17.5 Å². The Morgan fingerprint density at radius 2 is 0.878 bits per heavy atom. The number of benzene rings is 8. The van der Waals surface area contributed by atoms with Gasteiger partial charge in [-0.25, -0.2) is 15.0 Å². The third-order valence-electron chi connectivity index (χ3n) is 9.48. The summed E-state index contributed by atoms with van der Waals surface area (Å²) in [4.78, 5) is 15.4. The molecule has 10 aromatic rings. The van der Waals surface area contributed by atoms with Crippen LogP contribution in [-0.2, 0) is 0 Å². The first-order chi connectivity index (χ1) is 24.2. The molecule has 0 aliphatic rings. The van der Waals surface area contributed by atoms with E-state index in [1.165, 1.54) is 32.7 Å². The molecule has 0 bridgehead atoms. The van der Waals surface area contributed by atoms with E-state index in [1.807, 2.05) is 30.3 Å². The number of para-hydroxylation sites is 1. The lowest BCUT2D eigenvalue weighted by Crippen LogP contribution is -2.00. The standard InChI is InChI=1S/C45H27N3O/c1-2-11-29(12-3-1)38-25-31-14-6-7-15-35(31)39-26-33(20-22-36(38)39)44-46-43(32-19-18-28-10-4-5-13-30(28)24-32)47-45(48-44)34-21-23-42-40(27-34)37-16-8-9-17-41(37)49-42/h1-27H. The number of aromatic nitrogens is 3. The van der Waals surface area contributed by atoms with E-state index in [2.05, 4.69) is 133 Å². The predicted octanol–water partition coefficient (Wildman–Crippen LogP) is 11.9. The fourth-order valence-corrected chi connectivity index (χ4v) is 7.06. The van der Waals surface area contributed by atoms with Crippen molar-refractivity contribution >= 4 is 54.3 Å². The topological polar surface area (TPSA) is 51.8 Å². The average molecular weight is 626 g/mol. The van der Waals surface area contributed by atoms with Crippen LogP contribution in [0.15, 0.2) is 168 Å². The first kappa shape index (κ1) is 27.5. The van der Waals surface area contributed by atoms with Gasteiger partial charge in [0, 0.05) is 27.5 Å². The minimum Gasteiger partial charge on any atom is -0.456 e. The largest absolute Gasteiger partial charge is 0.456 e. The van der Waals surface area contributed by atoms with Crippen molar-refractivity contribution in [2.45, 2.75) is 0 Å². The van der Waals surface area contributed by atoms with Gasteiger partial charge < -0.3 is 4.42 Å². The summed E-state index contributed by atoms with van der Waals surface area (Å²) in [6.45, 7) is 0. The molecule has 10 rings (SSSR count). The summed E-state index contributed by atoms with van der Waals surface area (Å²) >= 11 is 0. The Morgan fingerprint density at radius 3 is 1.67 bits per heavy atom. The summed E-state index contributed by atoms with van der Waals surface area (Å²) in [6, 6.07) is 57.1. The smallest absolute Gasteiger partial charge is 0.164 e. The molecule has 0 spiro atoms. The minimum absolute atomic E-state index is 0.614. The molecule has 0 atom stereocenters. The van der Waals surface area contributed by atoms with Crippen LogP contribution in [0.2, 0.25) is 0 Å². The van der Waals surface area contributed by atoms with Crippen LogP contribution in [0.3, 0.4) is 0 Å². The number of rotatable bonds is 4. The molecule has 0 aliphatic heterocycles. The SMILES string of the molecule is c1ccc(-c2cc3ccccc3c3cc(-c4nc(-c5ccc6ccccc6c5)nc(-c5ccc6oc7ccccc7c6c5)n4)ccc23)cc1. The van der Waals surface area contributed by atoms with Crippen molar-refractivity contribution in [1.82, 2.24) is 15.0 Å². The molecule has 49 heavy (non-hydrogen) atoms. The maximum absolute atomic E-state index is 6.13. The zero-order chi connectivity index (χ0) is 32.3. The monoisotopic (exact) mass is 625 g/mol. The number of hydrogen-bond donors (Lipinski definition) is 0. The van der Waals surface area contributed by atoms with E-state index < -0.39 is 0 Å². The molecule has 228 valence electrons. The van der Waals surface area contributed by atoms with E-state index in [0.717, 1.165) is 49.4 Å². The number of fused-ring (bicyclic) bond motifs is 7. The van der Waals surface area contributed by atoms with Crippen LogP contribution < -0.4 is 0 Å². The molecular formula is C45H27N3O. The van der Waals surface area contributed by atoms with Gasteiger partial charge in [0.15, 0.2) is 17.5 Å². The fraction of sp³-hybridized carbons (Fsp3) is 0. The van der Waals surface area contributed by atoms with Gasteiger partial charge in [-0.05, 0) is 85.9 Å². The highest BCUT2D eigenvalue weighted by Crippen LogP contribution is 2.38. The molecule has 2 aromatic heterocycles. The molecule has 0 saturated carbocycles. The van der Waals surface area contributed by atoms with Gasteiger partial charge in [-0.1, -0.05) is 121 Å². The Hall–Kier alpha value is -6.65. The second-order valence-electron chi connectivity index (χ2n) is 12.4. The van der Waals surface area contributed by atoms with E-state index >= 15 is 0 Å². The van der Waals surface area contributed by atoms with Crippen LogP contribution in [0.4, 0.5) is 0 Å². The molecule has 8 aromatic carbocycles. The molecule has 0 amide bonds. The Morgan fingerprint density at radius 1 is 0.306 bits per heavy atom. The van der Waals surface area contributed by atoms with Crippen molar-refractivity contribution < 1.29 is 4.42 Å². The second-order valence-corrected chi connectivity index (χ2v) is 12.4. The maximum Gasteiger partial charge on any atom is 0.164 e. The van der Waals surface area contributed by atoms with Crippen molar-refractivity contribution in [1.29, 1.82) is 0 Å².